The Morgan fingerprint density at radius 3 is 2.26 bits per heavy atom. The van der Waals surface area contributed by atoms with Crippen LogP contribution in [0.5, 0.6) is 0 Å². The molecule has 0 amide bonds. The van der Waals surface area contributed by atoms with Crippen molar-refractivity contribution < 1.29 is 0 Å². The van der Waals surface area contributed by atoms with E-state index in [1.54, 1.807) is 0 Å². The van der Waals surface area contributed by atoms with Crippen LogP contribution in [0.3, 0.4) is 0 Å². The summed E-state index contributed by atoms with van der Waals surface area (Å²) in [6, 6.07) is 1.55. The van der Waals surface area contributed by atoms with E-state index in [-0.39, 0.29) is 0 Å². The van der Waals surface area contributed by atoms with Crippen LogP contribution in [0.4, 0.5) is 0 Å². The Bertz CT molecular complexity index is 264. The second kappa shape index (κ2) is 6.58. The van der Waals surface area contributed by atoms with Crippen molar-refractivity contribution in [3.63, 3.8) is 0 Å². The van der Waals surface area contributed by atoms with Gasteiger partial charge in [0.15, 0.2) is 0 Å². The molecule has 0 aromatic carbocycles. The van der Waals surface area contributed by atoms with E-state index in [2.05, 4.69) is 37.9 Å². The third kappa shape index (κ3) is 3.16. The summed E-state index contributed by atoms with van der Waals surface area (Å²) in [5.41, 5.74) is 0.424. The van der Waals surface area contributed by atoms with Crippen LogP contribution in [0.2, 0.25) is 0 Å². The van der Waals surface area contributed by atoms with Gasteiger partial charge < -0.3 is 5.32 Å². The van der Waals surface area contributed by atoms with Crippen molar-refractivity contribution in [2.24, 2.45) is 5.92 Å². The fraction of sp³-hybridized carbons (Fsp3) is 1.00. The molecule has 2 aliphatic rings. The van der Waals surface area contributed by atoms with E-state index in [1.807, 2.05) is 0 Å². The van der Waals surface area contributed by atoms with Crippen LogP contribution in [-0.2, 0) is 0 Å². The molecule has 1 aliphatic carbocycles. The predicted molar refractivity (Wildman–Crippen MR) is 83.5 cm³/mol. The van der Waals surface area contributed by atoms with Gasteiger partial charge in [-0.25, -0.2) is 0 Å². The molecule has 1 saturated carbocycles. The molecule has 1 aliphatic heterocycles. The van der Waals surface area contributed by atoms with E-state index in [0.717, 1.165) is 12.0 Å². The third-order valence-corrected chi connectivity index (χ3v) is 5.83. The number of hydrogen-bond donors (Lipinski definition) is 1. The summed E-state index contributed by atoms with van der Waals surface area (Å²) in [7, 11) is 0. The minimum Gasteiger partial charge on any atom is -0.311 e. The SMILES string of the molecule is CCC1(CC)CNC(C(C)C)CN1C1CCCCC1. The van der Waals surface area contributed by atoms with Gasteiger partial charge >= 0.3 is 0 Å². The Labute approximate surface area is 120 Å². The molecule has 2 fully saturated rings. The van der Waals surface area contributed by atoms with Crippen LogP contribution >= 0.6 is 0 Å². The number of rotatable bonds is 4. The highest BCUT2D eigenvalue weighted by atomic mass is 15.3. The minimum atomic E-state index is 0.424. The standard InChI is InChI=1S/C17H34N2/c1-5-17(6-2)13-18-16(14(3)4)12-19(17)15-10-8-7-9-11-15/h14-16,18H,5-13H2,1-4H3. The summed E-state index contributed by atoms with van der Waals surface area (Å²) < 4.78 is 0. The van der Waals surface area contributed by atoms with E-state index in [4.69, 9.17) is 0 Å². The van der Waals surface area contributed by atoms with E-state index in [0.29, 0.717) is 11.6 Å². The van der Waals surface area contributed by atoms with Crippen molar-refractivity contribution in [1.29, 1.82) is 0 Å². The summed E-state index contributed by atoms with van der Waals surface area (Å²) in [5.74, 6) is 0.748. The zero-order valence-corrected chi connectivity index (χ0v) is 13.5. The van der Waals surface area contributed by atoms with Crippen LogP contribution < -0.4 is 5.32 Å². The Kier molecular flexibility index (Phi) is 5.30. The second-order valence-corrected chi connectivity index (χ2v) is 7.11. The smallest absolute Gasteiger partial charge is 0.0332 e. The number of nitrogens with one attached hydrogen (secondary N) is 1. The average Bonchev–Trinajstić information content (AvgIpc) is 2.47. The second-order valence-electron chi connectivity index (χ2n) is 7.11. The molecule has 0 radical (unpaired) electrons. The van der Waals surface area contributed by atoms with Crippen LogP contribution in [0.1, 0.15) is 72.6 Å². The van der Waals surface area contributed by atoms with E-state index in [9.17, 15) is 0 Å². The summed E-state index contributed by atoms with van der Waals surface area (Å²) in [6.45, 7) is 12.0. The summed E-state index contributed by atoms with van der Waals surface area (Å²) in [5, 5.41) is 3.84. The van der Waals surface area contributed by atoms with Crippen LogP contribution in [-0.4, -0.2) is 35.6 Å². The van der Waals surface area contributed by atoms with Crippen LogP contribution in [0.15, 0.2) is 0 Å². The molecule has 1 heterocycles. The molecule has 1 saturated heterocycles. The average molecular weight is 266 g/mol. The highest BCUT2D eigenvalue weighted by Gasteiger charge is 2.42. The van der Waals surface area contributed by atoms with Gasteiger partial charge in [0.2, 0.25) is 0 Å². The van der Waals surface area contributed by atoms with Crippen molar-refractivity contribution in [1.82, 2.24) is 10.2 Å². The largest absolute Gasteiger partial charge is 0.311 e. The van der Waals surface area contributed by atoms with Gasteiger partial charge in [-0.05, 0) is 31.6 Å². The first kappa shape index (κ1) is 15.3. The molecule has 1 unspecified atom stereocenters. The molecule has 0 bridgehead atoms. The van der Waals surface area contributed by atoms with Gasteiger partial charge in [0.25, 0.3) is 0 Å². The first-order chi connectivity index (χ1) is 9.13. The van der Waals surface area contributed by atoms with Crippen molar-refractivity contribution in [3.05, 3.63) is 0 Å². The van der Waals surface area contributed by atoms with Crippen LogP contribution in [0.25, 0.3) is 0 Å². The quantitative estimate of drug-likeness (QED) is 0.832. The normalized spacial score (nSPS) is 29.8. The van der Waals surface area contributed by atoms with Gasteiger partial charge in [-0.2, -0.15) is 0 Å². The molecule has 112 valence electrons. The number of piperazine rings is 1. The highest BCUT2D eigenvalue weighted by Crippen LogP contribution is 2.35. The zero-order chi connectivity index (χ0) is 13.9. The molecule has 19 heavy (non-hydrogen) atoms. The molecular formula is C17H34N2. The van der Waals surface area contributed by atoms with Crippen LogP contribution in [0, 0.1) is 5.92 Å². The molecule has 0 spiro atoms. The lowest BCUT2D eigenvalue weighted by Crippen LogP contribution is -2.67. The van der Waals surface area contributed by atoms with E-state index >= 15 is 0 Å². The molecule has 2 rings (SSSR count). The summed E-state index contributed by atoms with van der Waals surface area (Å²) in [4.78, 5) is 2.92. The van der Waals surface area contributed by atoms with Gasteiger partial charge in [-0.3, -0.25) is 4.90 Å². The Hall–Kier alpha value is -0.0800. The highest BCUT2D eigenvalue weighted by molar-refractivity contribution is 5.01. The van der Waals surface area contributed by atoms with E-state index < -0.39 is 0 Å². The van der Waals surface area contributed by atoms with Crippen molar-refractivity contribution in [3.8, 4) is 0 Å². The lowest BCUT2D eigenvalue weighted by Gasteiger charge is -2.54. The van der Waals surface area contributed by atoms with Crippen molar-refractivity contribution >= 4 is 0 Å². The third-order valence-electron chi connectivity index (χ3n) is 5.83. The monoisotopic (exact) mass is 266 g/mol. The number of hydrogen-bond acceptors (Lipinski definition) is 2. The lowest BCUT2D eigenvalue weighted by molar-refractivity contribution is -0.0233. The van der Waals surface area contributed by atoms with Crippen molar-refractivity contribution in [2.45, 2.75) is 90.3 Å². The van der Waals surface area contributed by atoms with Gasteiger partial charge in [-0.15, -0.1) is 0 Å². The molecule has 0 aromatic rings. The Morgan fingerprint density at radius 2 is 1.74 bits per heavy atom. The maximum Gasteiger partial charge on any atom is 0.0332 e. The molecule has 1 N–H and O–H groups in total. The lowest BCUT2D eigenvalue weighted by atomic mass is 9.81. The fourth-order valence-corrected chi connectivity index (χ4v) is 4.17. The minimum absolute atomic E-state index is 0.424. The Morgan fingerprint density at radius 1 is 1.11 bits per heavy atom. The Balaban J connectivity index is 2.14. The summed E-state index contributed by atoms with van der Waals surface area (Å²) in [6.07, 6.45) is 9.81. The molecule has 0 aromatic heterocycles. The zero-order valence-electron chi connectivity index (χ0n) is 13.5. The van der Waals surface area contributed by atoms with Crippen molar-refractivity contribution in [2.75, 3.05) is 13.1 Å². The molecular weight excluding hydrogens is 232 g/mol. The maximum absolute atomic E-state index is 3.84. The van der Waals surface area contributed by atoms with Gasteiger partial charge in [-0.1, -0.05) is 47.0 Å². The number of nitrogens with zero attached hydrogens (tertiary/aromatic N) is 1. The van der Waals surface area contributed by atoms with E-state index in [1.165, 1.54) is 58.0 Å². The maximum atomic E-state index is 3.84. The van der Waals surface area contributed by atoms with Gasteiger partial charge in [0, 0.05) is 30.7 Å². The van der Waals surface area contributed by atoms with Gasteiger partial charge in [0.1, 0.15) is 0 Å². The van der Waals surface area contributed by atoms with Gasteiger partial charge in [0.05, 0.1) is 0 Å². The fourth-order valence-electron chi connectivity index (χ4n) is 4.17. The predicted octanol–water partition coefficient (Wildman–Crippen LogP) is 3.81. The molecule has 2 heteroatoms. The topological polar surface area (TPSA) is 15.3 Å². The summed E-state index contributed by atoms with van der Waals surface area (Å²) >= 11 is 0. The molecule has 2 nitrogen and oxygen atoms in total. The molecule has 1 atom stereocenters. The first-order valence-electron chi connectivity index (χ1n) is 8.63. The first-order valence-corrected chi connectivity index (χ1v) is 8.63.